The number of nitrogens with one attached hydrogen (secondary N) is 1. The van der Waals surface area contributed by atoms with Crippen LogP contribution in [0.3, 0.4) is 0 Å². The van der Waals surface area contributed by atoms with Crippen LogP contribution in [0.2, 0.25) is 0 Å². The molecule has 0 radical (unpaired) electrons. The lowest BCUT2D eigenvalue weighted by molar-refractivity contribution is -0.0182. The summed E-state index contributed by atoms with van der Waals surface area (Å²) in [6, 6.07) is 6.85. The molecule has 0 aliphatic carbocycles. The quantitative estimate of drug-likeness (QED) is 0.890. The Morgan fingerprint density at radius 2 is 2.23 bits per heavy atom. The second kappa shape index (κ2) is 7.05. The first-order valence-corrected chi connectivity index (χ1v) is 9.72. The van der Waals surface area contributed by atoms with Crippen LogP contribution >= 0.6 is 0 Å². The van der Waals surface area contributed by atoms with Gasteiger partial charge in [0.2, 0.25) is 0 Å². The van der Waals surface area contributed by atoms with Crippen molar-refractivity contribution in [3.8, 4) is 5.75 Å². The molecule has 1 fully saturated rings. The molecule has 5 heteroatoms. The Kier molecular flexibility index (Phi) is 4.76. The summed E-state index contributed by atoms with van der Waals surface area (Å²) in [7, 11) is 0. The summed E-state index contributed by atoms with van der Waals surface area (Å²) in [5.41, 5.74) is 2.52. The highest BCUT2D eigenvalue weighted by molar-refractivity contribution is 5.41. The second-order valence-corrected chi connectivity index (χ2v) is 7.97. The molecular weight excluding hydrogens is 326 g/mol. The minimum Gasteiger partial charge on any atom is -0.487 e. The maximum absolute atomic E-state index is 6.10. The monoisotopic (exact) mass is 355 g/mol. The lowest BCUT2D eigenvalue weighted by atomic mass is 9.99. The van der Waals surface area contributed by atoms with Gasteiger partial charge in [0.15, 0.2) is 0 Å². The Bertz CT molecular complexity index is 768. The molecule has 1 saturated heterocycles. The third-order valence-electron chi connectivity index (χ3n) is 5.36. The number of rotatable bonds is 5. The van der Waals surface area contributed by atoms with Gasteiger partial charge in [-0.05, 0) is 50.8 Å². The number of nitrogens with zero attached hydrogens (tertiary/aromatic N) is 2. The zero-order chi connectivity index (χ0) is 18.1. The van der Waals surface area contributed by atoms with E-state index in [0.717, 1.165) is 50.5 Å². The molecule has 0 amide bonds. The van der Waals surface area contributed by atoms with Gasteiger partial charge < -0.3 is 19.4 Å². The SMILES string of the molecule is CCn1ccnc1[C@H]1OCCC[C@@H]1NCc1ccc2c(c1)CC(C)(C)O2. The summed E-state index contributed by atoms with van der Waals surface area (Å²) in [6.45, 7) is 9.00. The van der Waals surface area contributed by atoms with Gasteiger partial charge in [-0.2, -0.15) is 0 Å². The fraction of sp³-hybridized carbons (Fsp3) is 0.571. The number of ether oxygens (including phenoxy) is 2. The largest absolute Gasteiger partial charge is 0.487 e. The van der Waals surface area contributed by atoms with Gasteiger partial charge >= 0.3 is 0 Å². The topological polar surface area (TPSA) is 48.3 Å². The summed E-state index contributed by atoms with van der Waals surface area (Å²) in [5.74, 6) is 2.07. The van der Waals surface area contributed by atoms with Crippen LogP contribution in [0, 0.1) is 0 Å². The van der Waals surface area contributed by atoms with Gasteiger partial charge in [0.1, 0.15) is 23.3 Å². The van der Waals surface area contributed by atoms with E-state index in [4.69, 9.17) is 9.47 Å². The fourth-order valence-corrected chi connectivity index (χ4v) is 4.11. The Hall–Kier alpha value is -1.85. The molecule has 1 aromatic carbocycles. The van der Waals surface area contributed by atoms with E-state index in [1.165, 1.54) is 11.1 Å². The Balaban J connectivity index is 1.45. The van der Waals surface area contributed by atoms with E-state index in [9.17, 15) is 0 Å². The lowest BCUT2D eigenvalue weighted by Crippen LogP contribution is -2.40. The van der Waals surface area contributed by atoms with Crippen molar-refractivity contribution >= 4 is 0 Å². The minimum absolute atomic E-state index is 0.0235. The Labute approximate surface area is 155 Å². The van der Waals surface area contributed by atoms with Crippen molar-refractivity contribution in [1.82, 2.24) is 14.9 Å². The van der Waals surface area contributed by atoms with E-state index >= 15 is 0 Å². The van der Waals surface area contributed by atoms with Crippen molar-refractivity contribution in [2.45, 2.75) is 70.9 Å². The standard InChI is InChI=1S/C21H29N3O2/c1-4-24-10-9-22-20(24)19-17(6-5-11-25-19)23-14-15-7-8-18-16(12-15)13-21(2,3)26-18/h7-10,12,17,19,23H,4-6,11,13-14H2,1-3H3/t17-,19-/m0/s1. The highest BCUT2D eigenvalue weighted by Crippen LogP contribution is 2.35. The summed E-state index contributed by atoms with van der Waals surface area (Å²) in [4.78, 5) is 4.56. The molecule has 140 valence electrons. The number of fused-ring (bicyclic) bond motifs is 1. The zero-order valence-corrected chi connectivity index (χ0v) is 16.0. The van der Waals surface area contributed by atoms with Gasteiger partial charge in [-0.25, -0.2) is 4.98 Å². The average molecular weight is 355 g/mol. The first-order chi connectivity index (χ1) is 12.6. The maximum atomic E-state index is 6.10. The molecule has 2 aliphatic rings. The molecule has 2 atom stereocenters. The van der Waals surface area contributed by atoms with Crippen LogP contribution in [0.1, 0.15) is 56.7 Å². The van der Waals surface area contributed by atoms with Crippen molar-refractivity contribution in [2.75, 3.05) is 6.61 Å². The molecule has 4 rings (SSSR count). The second-order valence-electron chi connectivity index (χ2n) is 7.97. The van der Waals surface area contributed by atoms with Crippen molar-refractivity contribution in [3.63, 3.8) is 0 Å². The molecule has 3 heterocycles. The van der Waals surface area contributed by atoms with Crippen LogP contribution < -0.4 is 10.1 Å². The Morgan fingerprint density at radius 1 is 1.35 bits per heavy atom. The van der Waals surface area contributed by atoms with Crippen molar-refractivity contribution in [1.29, 1.82) is 0 Å². The van der Waals surface area contributed by atoms with E-state index < -0.39 is 0 Å². The molecule has 26 heavy (non-hydrogen) atoms. The summed E-state index contributed by atoms with van der Waals surface area (Å²) >= 11 is 0. The fourth-order valence-electron chi connectivity index (χ4n) is 4.11. The average Bonchev–Trinajstić information content (AvgIpc) is 3.21. The van der Waals surface area contributed by atoms with Gasteiger partial charge in [-0.1, -0.05) is 12.1 Å². The van der Waals surface area contributed by atoms with Crippen LogP contribution in [0.4, 0.5) is 0 Å². The number of benzene rings is 1. The molecule has 1 N–H and O–H groups in total. The molecule has 1 aromatic heterocycles. The van der Waals surface area contributed by atoms with Crippen LogP contribution in [0.5, 0.6) is 5.75 Å². The number of aryl methyl sites for hydroxylation is 1. The normalized spacial score (nSPS) is 24.3. The van der Waals surface area contributed by atoms with Gasteiger partial charge in [0, 0.05) is 44.6 Å². The van der Waals surface area contributed by atoms with E-state index in [1.54, 1.807) is 0 Å². The maximum Gasteiger partial charge on any atom is 0.139 e. The molecule has 2 aliphatic heterocycles. The van der Waals surface area contributed by atoms with Crippen molar-refractivity contribution in [3.05, 3.63) is 47.5 Å². The molecule has 0 spiro atoms. The van der Waals surface area contributed by atoms with Gasteiger partial charge in [-0.15, -0.1) is 0 Å². The molecule has 0 unspecified atom stereocenters. The zero-order valence-electron chi connectivity index (χ0n) is 16.0. The first kappa shape index (κ1) is 17.6. The van der Waals surface area contributed by atoms with Crippen LogP contribution in [0.15, 0.2) is 30.6 Å². The molecule has 5 nitrogen and oxygen atoms in total. The van der Waals surface area contributed by atoms with Gasteiger partial charge in [-0.3, -0.25) is 0 Å². The predicted octanol–water partition coefficient (Wildman–Crippen LogP) is 3.63. The van der Waals surface area contributed by atoms with Crippen LogP contribution in [-0.4, -0.2) is 27.8 Å². The molecule has 0 bridgehead atoms. The number of imidazole rings is 1. The van der Waals surface area contributed by atoms with Crippen LogP contribution in [-0.2, 0) is 24.2 Å². The molecule has 2 aromatic rings. The van der Waals surface area contributed by atoms with E-state index in [2.05, 4.69) is 53.8 Å². The van der Waals surface area contributed by atoms with Crippen molar-refractivity contribution < 1.29 is 9.47 Å². The van der Waals surface area contributed by atoms with E-state index in [1.807, 2.05) is 12.4 Å². The van der Waals surface area contributed by atoms with Gasteiger partial charge in [0.25, 0.3) is 0 Å². The van der Waals surface area contributed by atoms with Gasteiger partial charge in [0.05, 0.1) is 0 Å². The van der Waals surface area contributed by atoms with Crippen LogP contribution in [0.25, 0.3) is 0 Å². The highest BCUT2D eigenvalue weighted by atomic mass is 16.5. The van der Waals surface area contributed by atoms with E-state index in [-0.39, 0.29) is 17.7 Å². The third-order valence-corrected chi connectivity index (χ3v) is 5.36. The molecular formula is C21H29N3O2. The number of hydrogen-bond donors (Lipinski definition) is 1. The number of hydrogen-bond acceptors (Lipinski definition) is 4. The van der Waals surface area contributed by atoms with E-state index in [0.29, 0.717) is 0 Å². The highest BCUT2D eigenvalue weighted by Gasteiger charge is 2.31. The Morgan fingerprint density at radius 3 is 3.08 bits per heavy atom. The predicted molar refractivity (Wildman–Crippen MR) is 101 cm³/mol. The first-order valence-electron chi connectivity index (χ1n) is 9.72. The van der Waals surface area contributed by atoms with Crippen molar-refractivity contribution in [2.24, 2.45) is 0 Å². The summed E-state index contributed by atoms with van der Waals surface area (Å²) in [5, 5.41) is 3.72. The molecule has 0 saturated carbocycles. The smallest absolute Gasteiger partial charge is 0.139 e. The summed E-state index contributed by atoms with van der Waals surface area (Å²) in [6.07, 6.45) is 7.10. The number of aromatic nitrogens is 2. The minimum atomic E-state index is -0.0894. The summed E-state index contributed by atoms with van der Waals surface area (Å²) < 4.78 is 14.3. The lowest BCUT2D eigenvalue weighted by Gasteiger charge is -2.32. The third kappa shape index (κ3) is 3.51.